The highest BCUT2D eigenvalue weighted by Gasteiger charge is 2.27. The van der Waals surface area contributed by atoms with Crippen LogP contribution in [0.25, 0.3) is 0 Å². The lowest BCUT2D eigenvalue weighted by Crippen LogP contribution is -2.24. The van der Waals surface area contributed by atoms with Gasteiger partial charge in [-0.05, 0) is 36.6 Å². The summed E-state index contributed by atoms with van der Waals surface area (Å²) in [6, 6.07) is 8.63. The van der Waals surface area contributed by atoms with E-state index in [1.807, 2.05) is 24.5 Å². The zero-order valence-electron chi connectivity index (χ0n) is 10.9. The number of hydrogen-bond acceptors (Lipinski definition) is 4. The number of nitrogens with two attached hydrogens (primary N) is 1. The van der Waals surface area contributed by atoms with Crippen LogP contribution >= 0.6 is 0 Å². The molecule has 0 saturated carbocycles. The quantitative estimate of drug-likeness (QED) is 0.913. The minimum atomic E-state index is 0.392. The van der Waals surface area contributed by atoms with E-state index in [0.717, 1.165) is 24.3 Å². The van der Waals surface area contributed by atoms with E-state index in [1.165, 1.54) is 12.0 Å². The molecule has 98 valence electrons. The standard InChI is InChI=1S/C15H18N4/c16-10-13-15(5-2-8-18-13)19-9-3-6-14(19)12-4-1-7-17-11-12/h1-2,4-5,7-8,11,14H,3,6,9-10,16H2. The molecular formula is C15H18N4. The molecule has 3 heterocycles. The van der Waals surface area contributed by atoms with Gasteiger partial charge >= 0.3 is 0 Å². The van der Waals surface area contributed by atoms with Gasteiger partial charge in [-0.25, -0.2) is 0 Å². The van der Waals surface area contributed by atoms with Crippen LogP contribution in [0.1, 0.15) is 30.1 Å². The summed E-state index contributed by atoms with van der Waals surface area (Å²) in [5, 5.41) is 0. The van der Waals surface area contributed by atoms with Gasteiger partial charge in [0.1, 0.15) is 0 Å². The Morgan fingerprint density at radius 1 is 1.26 bits per heavy atom. The Balaban J connectivity index is 1.95. The Kier molecular flexibility index (Phi) is 3.42. The first kappa shape index (κ1) is 12.1. The normalized spacial score (nSPS) is 18.8. The maximum atomic E-state index is 5.80. The molecule has 4 heteroatoms. The first-order valence-corrected chi connectivity index (χ1v) is 6.70. The van der Waals surface area contributed by atoms with Crippen LogP contribution in [0, 0.1) is 0 Å². The van der Waals surface area contributed by atoms with Gasteiger partial charge in [0.2, 0.25) is 0 Å². The molecule has 0 aliphatic carbocycles. The lowest BCUT2D eigenvalue weighted by atomic mass is 10.1. The largest absolute Gasteiger partial charge is 0.363 e. The number of anilines is 1. The van der Waals surface area contributed by atoms with Crippen molar-refractivity contribution in [3.8, 4) is 0 Å². The van der Waals surface area contributed by atoms with E-state index in [2.05, 4.69) is 27.0 Å². The number of hydrogen-bond donors (Lipinski definition) is 1. The predicted octanol–water partition coefficient (Wildman–Crippen LogP) is 2.28. The summed E-state index contributed by atoms with van der Waals surface area (Å²) in [5.74, 6) is 0. The third-order valence-corrected chi connectivity index (χ3v) is 3.69. The minimum absolute atomic E-state index is 0.392. The summed E-state index contributed by atoms with van der Waals surface area (Å²) in [6.07, 6.45) is 7.93. The Morgan fingerprint density at radius 2 is 2.16 bits per heavy atom. The summed E-state index contributed by atoms with van der Waals surface area (Å²) >= 11 is 0. The second-order valence-electron chi connectivity index (χ2n) is 4.81. The van der Waals surface area contributed by atoms with Crippen molar-refractivity contribution in [2.75, 3.05) is 11.4 Å². The highest BCUT2D eigenvalue weighted by Crippen LogP contribution is 2.36. The summed E-state index contributed by atoms with van der Waals surface area (Å²) in [7, 11) is 0. The SMILES string of the molecule is NCc1ncccc1N1CCCC1c1cccnc1. The Morgan fingerprint density at radius 3 is 2.95 bits per heavy atom. The van der Waals surface area contributed by atoms with Gasteiger partial charge in [0.15, 0.2) is 0 Å². The fourth-order valence-electron chi connectivity index (χ4n) is 2.82. The van der Waals surface area contributed by atoms with Crippen LogP contribution in [0.4, 0.5) is 5.69 Å². The van der Waals surface area contributed by atoms with E-state index < -0.39 is 0 Å². The second-order valence-corrected chi connectivity index (χ2v) is 4.81. The van der Waals surface area contributed by atoms with Crippen molar-refractivity contribution in [3.63, 3.8) is 0 Å². The zero-order chi connectivity index (χ0) is 13.1. The summed E-state index contributed by atoms with van der Waals surface area (Å²) in [5.41, 5.74) is 9.21. The molecule has 19 heavy (non-hydrogen) atoms. The number of aromatic nitrogens is 2. The molecule has 1 fully saturated rings. The lowest BCUT2D eigenvalue weighted by molar-refractivity contribution is 0.710. The van der Waals surface area contributed by atoms with Gasteiger partial charge in [-0.1, -0.05) is 6.07 Å². The molecule has 2 aromatic heterocycles. The van der Waals surface area contributed by atoms with Gasteiger partial charge in [-0.2, -0.15) is 0 Å². The second kappa shape index (κ2) is 5.36. The van der Waals surface area contributed by atoms with Crippen molar-refractivity contribution < 1.29 is 0 Å². The molecule has 1 aliphatic heterocycles. The molecule has 3 rings (SSSR count). The van der Waals surface area contributed by atoms with Gasteiger partial charge in [-0.15, -0.1) is 0 Å². The van der Waals surface area contributed by atoms with E-state index in [9.17, 15) is 0 Å². The van der Waals surface area contributed by atoms with E-state index in [0.29, 0.717) is 12.6 Å². The van der Waals surface area contributed by atoms with Crippen molar-refractivity contribution in [2.45, 2.75) is 25.4 Å². The van der Waals surface area contributed by atoms with Crippen LogP contribution in [0.15, 0.2) is 42.9 Å². The molecule has 1 aliphatic rings. The summed E-state index contributed by atoms with van der Waals surface area (Å²) in [6.45, 7) is 1.53. The topological polar surface area (TPSA) is 55.0 Å². The van der Waals surface area contributed by atoms with Crippen molar-refractivity contribution in [3.05, 3.63) is 54.1 Å². The molecule has 0 amide bonds. The molecule has 2 N–H and O–H groups in total. The lowest BCUT2D eigenvalue weighted by Gasteiger charge is -2.28. The third-order valence-electron chi connectivity index (χ3n) is 3.69. The van der Waals surface area contributed by atoms with Crippen molar-refractivity contribution in [2.24, 2.45) is 5.73 Å². The highest BCUT2D eigenvalue weighted by molar-refractivity contribution is 5.53. The Hall–Kier alpha value is -1.94. The van der Waals surface area contributed by atoms with E-state index >= 15 is 0 Å². The zero-order valence-corrected chi connectivity index (χ0v) is 10.9. The average molecular weight is 254 g/mol. The maximum absolute atomic E-state index is 5.80. The molecule has 1 atom stereocenters. The number of rotatable bonds is 3. The van der Waals surface area contributed by atoms with Crippen LogP contribution in [-0.2, 0) is 6.54 Å². The monoisotopic (exact) mass is 254 g/mol. The molecule has 0 bridgehead atoms. The first-order valence-electron chi connectivity index (χ1n) is 6.70. The minimum Gasteiger partial charge on any atom is -0.363 e. The van der Waals surface area contributed by atoms with Gasteiger partial charge in [0.05, 0.1) is 17.4 Å². The van der Waals surface area contributed by atoms with Gasteiger partial charge < -0.3 is 10.6 Å². The summed E-state index contributed by atoms with van der Waals surface area (Å²) < 4.78 is 0. The average Bonchev–Trinajstić information content (AvgIpc) is 2.97. The van der Waals surface area contributed by atoms with Crippen molar-refractivity contribution in [1.29, 1.82) is 0 Å². The third kappa shape index (κ3) is 2.31. The first-order chi connectivity index (χ1) is 9.40. The van der Waals surface area contributed by atoms with Gasteiger partial charge in [0.25, 0.3) is 0 Å². The molecule has 4 nitrogen and oxygen atoms in total. The fraction of sp³-hybridized carbons (Fsp3) is 0.333. The van der Waals surface area contributed by atoms with Crippen LogP contribution in [0.5, 0.6) is 0 Å². The molecule has 0 radical (unpaired) electrons. The van der Waals surface area contributed by atoms with E-state index in [1.54, 1.807) is 6.20 Å². The predicted molar refractivity (Wildman–Crippen MR) is 75.7 cm³/mol. The van der Waals surface area contributed by atoms with Crippen LogP contribution < -0.4 is 10.6 Å². The number of pyridine rings is 2. The summed E-state index contributed by atoms with van der Waals surface area (Å²) in [4.78, 5) is 11.0. The maximum Gasteiger partial charge on any atom is 0.0772 e. The molecule has 1 unspecified atom stereocenters. The van der Waals surface area contributed by atoms with Crippen LogP contribution in [0.3, 0.4) is 0 Å². The van der Waals surface area contributed by atoms with Gasteiger partial charge in [-0.3, -0.25) is 9.97 Å². The molecular weight excluding hydrogens is 236 g/mol. The van der Waals surface area contributed by atoms with Gasteiger partial charge in [0, 0.05) is 31.7 Å². The molecule has 2 aromatic rings. The van der Waals surface area contributed by atoms with E-state index in [4.69, 9.17) is 5.73 Å². The highest BCUT2D eigenvalue weighted by atomic mass is 15.2. The van der Waals surface area contributed by atoms with Crippen molar-refractivity contribution >= 4 is 5.69 Å². The van der Waals surface area contributed by atoms with Crippen LogP contribution in [-0.4, -0.2) is 16.5 Å². The Bertz CT molecular complexity index is 541. The molecule has 0 aromatic carbocycles. The fourth-order valence-corrected chi connectivity index (χ4v) is 2.82. The van der Waals surface area contributed by atoms with Crippen LogP contribution in [0.2, 0.25) is 0 Å². The number of nitrogens with zero attached hydrogens (tertiary/aromatic N) is 3. The van der Waals surface area contributed by atoms with E-state index in [-0.39, 0.29) is 0 Å². The molecule has 0 spiro atoms. The van der Waals surface area contributed by atoms with Crippen molar-refractivity contribution in [1.82, 2.24) is 9.97 Å². The Labute approximate surface area is 113 Å². The smallest absolute Gasteiger partial charge is 0.0772 e. The molecule has 1 saturated heterocycles.